The molecule has 0 spiro atoms. The molecule has 21 heavy (non-hydrogen) atoms. The first-order valence-corrected chi connectivity index (χ1v) is 7.07. The number of nitrogens with two attached hydrogens (primary N) is 1. The van der Waals surface area contributed by atoms with Gasteiger partial charge in [-0.2, -0.15) is 0 Å². The van der Waals surface area contributed by atoms with E-state index < -0.39 is 17.8 Å². The van der Waals surface area contributed by atoms with Crippen LogP contribution < -0.4 is 11.1 Å². The van der Waals surface area contributed by atoms with Crippen LogP contribution in [0, 0.1) is 12.7 Å². The molecular weight excluding hydrogens is 273 g/mol. The third-order valence-corrected chi connectivity index (χ3v) is 3.76. The fraction of sp³-hybridized carbons (Fsp3) is 0.467. The Kier molecular flexibility index (Phi) is 4.90. The number of halogens is 1. The van der Waals surface area contributed by atoms with Crippen molar-refractivity contribution < 1.29 is 14.0 Å². The number of hydrogen-bond donors (Lipinski definition) is 2. The van der Waals surface area contributed by atoms with Crippen LogP contribution in [0.2, 0.25) is 0 Å². The molecule has 0 aromatic heterocycles. The molecule has 114 valence electrons. The second-order valence-electron chi connectivity index (χ2n) is 5.39. The van der Waals surface area contributed by atoms with Crippen molar-refractivity contribution in [1.29, 1.82) is 0 Å². The van der Waals surface area contributed by atoms with Crippen LogP contribution in [0.1, 0.15) is 24.8 Å². The highest BCUT2D eigenvalue weighted by molar-refractivity contribution is 5.93. The van der Waals surface area contributed by atoms with Crippen molar-refractivity contribution in [3.8, 4) is 0 Å². The third-order valence-electron chi connectivity index (χ3n) is 3.76. The van der Waals surface area contributed by atoms with E-state index in [1.165, 1.54) is 12.1 Å². The molecule has 0 aliphatic carbocycles. The van der Waals surface area contributed by atoms with Gasteiger partial charge in [-0.3, -0.25) is 14.5 Å². The van der Waals surface area contributed by atoms with Gasteiger partial charge in [0.25, 0.3) is 0 Å². The molecule has 0 radical (unpaired) electrons. The average molecular weight is 293 g/mol. The van der Waals surface area contributed by atoms with E-state index in [0.717, 1.165) is 18.4 Å². The molecule has 1 aliphatic heterocycles. The number of piperidine rings is 1. The minimum absolute atomic E-state index is 0.0869. The molecule has 0 bridgehead atoms. The lowest BCUT2D eigenvalue weighted by atomic mass is 10.0. The van der Waals surface area contributed by atoms with Crippen LogP contribution in [-0.4, -0.2) is 35.8 Å². The molecule has 5 nitrogen and oxygen atoms in total. The molecule has 2 rings (SSSR count). The van der Waals surface area contributed by atoms with Gasteiger partial charge in [-0.05, 0) is 44.0 Å². The normalized spacial score (nSPS) is 19.2. The first kappa shape index (κ1) is 15.4. The Labute approximate surface area is 123 Å². The highest BCUT2D eigenvalue weighted by Gasteiger charge is 2.28. The second-order valence-corrected chi connectivity index (χ2v) is 5.39. The number of aryl methyl sites for hydroxylation is 1. The predicted octanol–water partition coefficient (Wildman–Crippen LogP) is 1.41. The summed E-state index contributed by atoms with van der Waals surface area (Å²) in [5.41, 5.74) is 6.61. The number of rotatable bonds is 4. The number of amides is 2. The van der Waals surface area contributed by atoms with E-state index in [1.54, 1.807) is 17.9 Å². The standard InChI is InChI=1S/C15H20FN3O2/c1-10-5-6-11(16)8-12(10)18-14(20)9-19-7-3-2-4-13(19)15(17)21/h5-6,8,13H,2-4,7,9H2,1H3,(H2,17,21)(H,18,20)/t13-/m0/s1. The number of nitrogens with one attached hydrogen (secondary N) is 1. The summed E-state index contributed by atoms with van der Waals surface area (Å²) in [6, 6.07) is 3.85. The van der Waals surface area contributed by atoms with E-state index in [-0.39, 0.29) is 12.5 Å². The minimum atomic E-state index is -0.399. The largest absolute Gasteiger partial charge is 0.368 e. The molecule has 3 N–H and O–H groups in total. The van der Waals surface area contributed by atoms with E-state index >= 15 is 0 Å². The van der Waals surface area contributed by atoms with Crippen LogP contribution in [0.5, 0.6) is 0 Å². The minimum Gasteiger partial charge on any atom is -0.368 e. The molecule has 6 heteroatoms. The molecule has 2 amide bonds. The molecule has 1 aromatic carbocycles. The first-order chi connectivity index (χ1) is 9.97. The molecule has 1 atom stereocenters. The van der Waals surface area contributed by atoms with Gasteiger partial charge >= 0.3 is 0 Å². The zero-order chi connectivity index (χ0) is 15.4. The maximum atomic E-state index is 13.2. The van der Waals surface area contributed by atoms with Crippen molar-refractivity contribution in [3.63, 3.8) is 0 Å². The summed E-state index contributed by atoms with van der Waals surface area (Å²) in [6.45, 7) is 2.55. The number of carbonyl (C=O) groups is 2. The fourth-order valence-electron chi connectivity index (χ4n) is 2.61. The second kappa shape index (κ2) is 6.67. The Balaban J connectivity index is 2.00. The highest BCUT2D eigenvalue weighted by Crippen LogP contribution is 2.18. The molecule has 0 saturated carbocycles. The summed E-state index contributed by atoms with van der Waals surface area (Å²) >= 11 is 0. The fourth-order valence-corrected chi connectivity index (χ4v) is 2.61. The average Bonchev–Trinajstić information content (AvgIpc) is 2.43. The van der Waals surface area contributed by atoms with E-state index in [9.17, 15) is 14.0 Å². The summed E-state index contributed by atoms with van der Waals surface area (Å²) < 4.78 is 13.2. The van der Waals surface area contributed by atoms with Gasteiger partial charge in [0.1, 0.15) is 5.82 Å². The molecule has 1 saturated heterocycles. The topological polar surface area (TPSA) is 75.4 Å². The van der Waals surface area contributed by atoms with Crippen molar-refractivity contribution in [1.82, 2.24) is 4.90 Å². The molecule has 0 unspecified atom stereocenters. The summed E-state index contributed by atoms with van der Waals surface area (Å²) in [6.07, 6.45) is 2.56. The number of benzene rings is 1. The number of likely N-dealkylation sites (tertiary alicyclic amines) is 1. The Morgan fingerprint density at radius 2 is 2.19 bits per heavy atom. The number of primary amides is 1. The van der Waals surface area contributed by atoms with Gasteiger partial charge in [-0.1, -0.05) is 12.5 Å². The maximum Gasteiger partial charge on any atom is 0.238 e. The summed E-state index contributed by atoms with van der Waals surface area (Å²) in [4.78, 5) is 25.3. The molecular formula is C15H20FN3O2. The summed E-state index contributed by atoms with van der Waals surface area (Å²) in [5, 5.41) is 2.69. The van der Waals surface area contributed by atoms with Crippen molar-refractivity contribution in [2.45, 2.75) is 32.2 Å². The van der Waals surface area contributed by atoms with Gasteiger partial charge in [-0.25, -0.2) is 4.39 Å². The van der Waals surface area contributed by atoms with Crippen molar-refractivity contribution in [2.75, 3.05) is 18.4 Å². The van der Waals surface area contributed by atoms with E-state index in [4.69, 9.17) is 5.73 Å². The lowest BCUT2D eigenvalue weighted by Crippen LogP contribution is -2.50. The monoisotopic (exact) mass is 293 g/mol. The van der Waals surface area contributed by atoms with Crippen LogP contribution in [0.4, 0.5) is 10.1 Å². The smallest absolute Gasteiger partial charge is 0.238 e. The highest BCUT2D eigenvalue weighted by atomic mass is 19.1. The van der Waals surface area contributed by atoms with Gasteiger partial charge in [0, 0.05) is 5.69 Å². The zero-order valence-corrected chi connectivity index (χ0v) is 12.1. The number of carbonyl (C=O) groups excluding carboxylic acids is 2. The first-order valence-electron chi connectivity index (χ1n) is 7.07. The third kappa shape index (κ3) is 4.01. The zero-order valence-electron chi connectivity index (χ0n) is 12.1. The Hall–Kier alpha value is -1.95. The van der Waals surface area contributed by atoms with Crippen molar-refractivity contribution >= 4 is 17.5 Å². The molecule has 1 heterocycles. The van der Waals surface area contributed by atoms with Crippen molar-refractivity contribution in [2.24, 2.45) is 5.73 Å². The van der Waals surface area contributed by atoms with Gasteiger partial charge in [0.05, 0.1) is 12.6 Å². The van der Waals surface area contributed by atoms with E-state index in [1.807, 2.05) is 0 Å². The van der Waals surface area contributed by atoms with E-state index in [0.29, 0.717) is 18.7 Å². The van der Waals surface area contributed by atoms with Crippen LogP contribution in [0.15, 0.2) is 18.2 Å². The van der Waals surface area contributed by atoms with Gasteiger partial charge in [0.2, 0.25) is 11.8 Å². The Bertz CT molecular complexity index is 548. The van der Waals surface area contributed by atoms with Crippen LogP contribution in [-0.2, 0) is 9.59 Å². The lowest BCUT2D eigenvalue weighted by Gasteiger charge is -2.32. The van der Waals surface area contributed by atoms with Gasteiger partial charge in [-0.15, -0.1) is 0 Å². The molecule has 1 aliphatic rings. The summed E-state index contributed by atoms with van der Waals surface area (Å²) in [5.74, 6) is -1.06. The SMILES string of the molecule is Cc1ccc(F)cc1NC(=O)CN1CCCC[C@H]1C(N)=O. The van der Waals surface area contributed by atoms with E-state index in [2.05, 4.69) is 5.32 Å². The quantitative estimate of drug-likeness (QED) is 0.881. The Morgan fingerprint density at radius 1 is 1.43 bits per heavy atom. The number of hydrogen-bond acceptors (Lipinski definition) is 3. The van der Waals surface area contributed by atoms with Crippen LogP contribution in [0.25, 0.3) is 0 Å². The number of anilines is 1. The lowest BCUT2D eigenvalue weighted by molar-refractivity contribution is -0.126. The maximum absolute atomic E-state index is 13.2. The Morgan fingerprint density at radius 3 is 2.90 bits per heavy atom. The number of nitrogens with zero attached hydrogens (tertiary/aromatic N) is 1. The summed E-state index contributed by atoms with van der Waals surface area (Å²) in [7, 11) is 0. The van der Waals surface area contributed by atoms with Crippen LogP contribution in [0.3, 0.4) is 0 Å². The van der Waals surface area contributed by atoms with Crippen molar-refractivity contribution in [3.05, 3.63) is 29.6 Å². The van der Waals surface area contributed by atoms with Gasteiger partial charge < -0.3 is 11.1 Å². The predicted molar refractivity (Wildman–Crippen MR) is 78.2 cm³/mol. The van der Waals surface area contributed by atoms with Crippen LogP contribution >= 0.6 is 0 Å². The van der Waals surface area contributed by atoms with Gasteiger partial charge in [0.15, 0.2) is 0 Å². The molecule has 1 fully saturated rings. The molecule has 1 aromatic rings.